The zero-order valence-corrected chi connectivity index (χ0v) is 12.2. The lowest BCUT2D eigenvalue weighted by molar-refractivity contribution is 0.0679. The van der Waals surface area contributed by atoms with E-state index in [1.165, 1.54) is 21.0 Å². The van der Waals surface area contributed by atoms with Crippen molar-refractivity contribution in [2.45, 2.75) is 24.8 Å². The van der Waals surface area contributed by atoms with Crippen LogP contribution in [-0.4, -0.2) is 51.0 Å². The highest BCUT2D eigenvalue weighted by molar-refractivity contribution is 7.89. The van der Waals surface area contributed by atoms with Crippen molar-refractivity contribution in [3.63, 3.8) is 0 Å². The maximum absolute atomic E-state index is 12.1. The Morgan fingerprint density at radius 1 is 1.40 bits per heavy atom. The van der Waals surface area contributed by atoms with Gasteiger partial charge < -0.3 is 19.4 Å². The first kappa shape index (κ1) is 16.6. The molecule has 0 bridgehead atoms. The number of aliphatic hydroxyl groups is 1. The molecule has 1 aromatic heterocycles. The van der Waals surface area contributed by atoms with Crippen molar-refractivity contribution >= 4 is 16.0 Å². The predicted octanol–water partition coefficient (Wildman–Crippen LogP) is -0.120. The molecule has 0 aromatic carbocycles. The smallest absolute Gasteiger partial charge is 0.340 e. The van der Waals surface area contributed by atoms with Gasteiger partial charge >= 0.3 is 5.97 Å². The summed E-state index contributed by atoms with van der Waals surface area (Å²) in [6, 6.07) is 0. The average molecular weight is 307 g/mol. The normalized spacial score (nSPS) is 13.4. The topological polar surface area (TPSA) is 126 Å². The molecule has 0 spiro atoms. The monoisotopic (exact) mass is 307 g/mol. The number of rotatable bonds is 7. The number of aromatic carboxylic acids is 1. The minimum Gasteiger partial charge on any atom is -0.478 e. The molecule has 1 heterocycles. The van der Waals surface area contributed by atoms with Crippen LogP contribution >= 0.6 is 0 Å². The first-order valence-electron chi connectivity index (χ1n) is 5.70. The van der Waals surface area contributed by atoms with Crippen molar-refractivity contribution in [2.75, 3.05) is 20.3 Å². The highest BCUT2D eigenvalue weighted by Crippen LogP contribution is 2.26. The van der Waals surface area contributed by atoms with Crippen LogP contribution in [0.1, 0.15) is 21.9 Å². The number of furan rings is 1. The third kappa shape index (κ3) is 3.57. The molecular formula is C11H17NO7S. The molecule has 1 unspecified atom stereocenters. The molecule has 0 aliphatic carbocycles. The van der Waals surface area contributed by atoms with Gasteiger partial charge in [0.05, 0.1) is 12.7 Å². The molecular weight excluding hydrogens is 290 g/mol. The summed E-state index contributed by atoms with van der Waals surface area (Å²) in [7, 11) is -2.73. The van der Waals surface area contributed by atoms with E-state index in [-0.39, 0.29) is 24.7 Å². The van der Waals surface area contributed by atoms with E-state index in [0.29, 0.717) is 0 Å². The second-order valence-electron chi connectivity index (χ2n) is 4.18. The number of aryl methyl sites for hydroxylation is 2. The predicted molar refractivity (Wildman–Crippen MR) is 68.2 cm³/mol. The van der Waals surface area contributed by atoms with Crippen LogP contribution < -0.4 is 4.72 Å². The standard InChI is InChI=1S/C11H17NO7S/c1-6-9(11(14)15)10(7(2)19-6)20(16,17)12-4-8(13)5-18-3/h8,12-13H,4-5H2,1-3H3,(H,14,15). The maximum Gasteiger partial charge on any atom is 0.340 e. The summed E-state index contributed by atoms with van der Waals surface area (Å²) in [6.07, 6.45) is -1.03. The Balaban J connectivity index is 3.07. The molecule has 0 amide bonds. The molecule has 8 nitrogen and oxygen atoms in total. The van der Waals surface area contributed by atoms with E-state index >= 15 is 0 Å². The summed E-state index contributed by atoms with van der Waals surface area (Å²) < 4.78 is 36.1. The Morgan fingerprint density at radius 2 is 2.00 bits per heavy atom. The van der Waals surface area contributed by atoms with Gasteiger partial charge in [-0.3, -0.25) is 0 Å². The van der Waals surface area contributed by atoms with Crippen molar-refractivity contribution in [3.05, 3.63) is 17.1 Å². The largest absolute Gasteiger partial charge is 0.478 e. The lowest BCUT2D eigenvalue weighted by Crippen LogP contribution is -2.35. The number of hydrogen-bond donors (Lipinski definition) is 3. The highest BCUT2D eigenvalue weighted by Gasteiger charge is 2.30. The van der Waals surface area contributed by atoms with Crippen molar-refractivity contribution in [2.24, 2.45) is 0 Å². The van der Waals surface area contributed by atoms with Gasteiger partial charge in [0.1, 0.15) is 22.0 Å². The molecule has 0 saturated carbocycles. The molecule has 1 aromatic rings. The minimum absolute atomic E-state index is 0.00724. The zero-order valence-electron chi connectivity index (χ0n) is 11.3. The van der Waals surface area contributed by atoms with Crippen LogP contribution in [-0.2, 0) is 14.8 Å². The molecule has 20 heavy (non-hydrogen) atoms. The maximum atomic E-state index is 12.1. The van der Waals surface area contributed by atoms with Gasteiger partial charge in [0, 0.05) is 13.7 Å². The molecule has 114 valence electrons. The van der Waals surface area contributed by atoms with Gasteiger partial charge in [-0.15, -0.1) is 0 Å². The number of hydrogen-bond acceptors (Lipinski definition) is 6. The molecule has 1 atom stereocenters. The summed E-state index contributed by atoms with van der Waals surface area (Å²) in [5, 5.41) is 18.5. The fraction of sp³-hybridized carbons (Fsp3) is 0.545. The molecule has 0 aliphatic rings. The number of methoxy groups -OCH3 is 1. The quantitative estimate of drug-likeness (QED) is 0.641. The van der Waals surface area contributed by atoms with Crippen molar-refractivity contribution < 1.29 is 32.6 Å². The Bertz CT molecular complexity index is 590. The van der Waals surface area contributed by atoms with Gasteiger partial charge in [-0.1, -0.05) is 0 Å². The molecule has 0 aliphatic heterocycles. The lowest BCUT2D eigenvalue weighted by atomic mass is 10.2. The number of sulfonamides is 1. The van der Waals surface area contributed by atoms with E-state index in [2.05, 4.69) is 9.46 Å². The Labute approximate surface area is 116 Å². The summed E-state index contributed by atoms with van der Waals surface area (Å²) in [4.78, 5) is 10.7. The number of carbonyl (C=O) groups is 1. The summed E-state index contributed by atoms with van der Waals surface area (Å²) in [6.45, 7) is 2.39. The Morgan fingerprint density at radius 3 is 2.50 bits per heavy atom. The first-order valence-corrected chi connectivity index (χ1v) is 7.19. The van der Waals surface area contributed by atoms with Crippen molar-refractivity contribution in [1.82, 2.24) is 4.72 Å². The van der Waals surface area contributed by atoms with E-state index in [4.69, 9.17) is 9.52 Å². The molecule has 0 saturated heterocycles. The first-order chi connectivity index (χ1) is 9.20. The third-order valence-corrected chi connectivity index (χ3v) is 4.13. The van der Waals surface area contributed by atoms with Gasteiger partial charge in [0.15, 0.2) is 0 Å². The third-order valence-electron chi connectivity index (χ3n) is 2.56. The average Bonchev–Trinajstić information content (AvgIpc) is 2.63. The lowest BCUT2D eigenvalue weighted by Gasteiger charge is -2.11. The fourth-order valence-corrected chi connectivity index (χ4v) is 3.24. The van der Waals surface area contributed by atoms with Crippen LogP contribution in [0.25, 0.3) is 0 Å². The number of carboxylic acids is 1. The number of carboxylic acid groups (broad SMARTS) is 1. The van der Waals surface area contributed by atoms with Gasteiger partial charge in [0.25, 0.3) is 0 Å². The second-order valence-corrected chi connectivity index (χ2v) is 5.89. The summed E-state index contributed by atoms with van der Waals surface area (Å²) in [5.74, 6) is -1.40. The van der Waals surface area contributed by atoms with Crippen LogP contribution in [0.5, 0.6) is 0 Å². The fourth-order valence-electron chi connectivity index (χ4n) is 1.76. The molecule has 1 rings (SSSR count). The van der Waals surface area contributed by atoms with Crippen molar-refractivity contribution in [1.29, 1.82) is 0 Å². The number of nitrogens with one attached hydrogen (secondary N) is 1. The van der Waals surface area contributed by atoms with Crippen LogP contribution in [0.15, 0.2) is 9.31 Å². The van der Waals surface area contributed by atoms with Crippen LogP contribution in [0.4, 0.5) is 0 Å². The zero-order chi connectivity index (χ0) is 15.5. The second kappa shape index (κ2) is 6.35. The van der Waals surface area contributed by atoms with E-state index in [1.807, 2.05) is 0 Å². The number of aliphatic hydroxyl groups excluding tert-OH is 1. The summed E-state index contributed by atoms with van der Waals surface area (Å²) in [5.41, 5.74) is -0.406. The Hall–Kier alpha value is -1.42. The molecule has 0 fully saturated rings. The van der Waals surface area contributed by atoms with Gasteiger partial charge in [0.2, 0.25) is 10.0 Å². The summed E-state index contributed by atoms with van der Waals surface area (Å²) >= 11 is 0. The van der Waals surface area contributed by atoms with Gasteiger partial charge in [-0.05, 0) is 13.8 Å². The molecule has 0 radical (unpaired) electrons. The highest BCUT2D eigenvalue weighted by atomic mass is 32.2. The van der Waals surface area contributed by atoms with Gasteiger partial charge in [-0.2, -0.15) is 0 Å². The van der Waals surface area contributed by atoms with Crippen LogP contribution in [0.2, 0.25) is 0 Å². The van der Waals surface area contributed by atoms with Crippen LogP contribution in [0.3, 0.4) is 0 Å². The number of ether oxygens (including phenoxy) is 1. The Kier molecular flexibility index (Phi) is 5.28. The van der Waals surface area contributed by atoms with E-state index < -0.39 is 32.6 Å². The molecule has 3 N–H and O–H groups in total. The van der Waals surface area contributed by atoms with Crippen LogP contribution in [0, 0.1) is 13.8 Å². The van der Waals surface area contributed by atoms with Gasteiger partial charge in [-0.25, -0.2) is 17.9 Å². The van der Waals surface area contributed by atoms with Crippen molar-refractivity contribution in [3.8, 4) is 0 Å². The van der Waals surface area contributed by atoms with E-state index in [9.17, 15) is 18.3 Å². The van der Waals surface area contributed by atoms with E-state index in [0.717, 1.165) is 0 Å². The van der Waals surface area contributed by atoms with E-state index in [1.54, 1.807) is 0 Å². The minimum atomic E-state index is -4.10. The molecule has 9 heteroatoms. The SMILES string of the molecule is COCC(O)CNS(=O)(=O)c1c(C)oc(C)c1C(=O)O.